The molecule has 0 fully saturated rings. The fourth-order valence-corrected chi connectivity index (χ4v) is 7.82. The van der Waals surface area contributed by atoms with Crippen molar-refractivity contribution in [3.05, 3.63) is 83.9 Å². The molecule has 0 unspecified atom stereocenters. The van der Waals surface area contributed by atoms with Gasteiger partial charge < -0.3 is 9.11 Å². The van der Waals surface area contributed by atoms with Gasteiger partial charge in [0.2, 0.25) is 0 Å². The van der Waals surface area contributed by atoms with Gasteiger partial charge in [-0.3, -0.25) is 0 Å². The van der Waals surface area contributed by atoms with E-state index in [1.54, 1.807) is 12.1 Å². The van der Waals surface area contributed by atoms with E-state index in [0.717, 1.165) is 47.2 Å². The summed E-state index contributed by atoms with van der Waals surface area (Å²) >= 11 is 0. The molecular weight excluding hydrogens is 729 g/mol. The second-order valence-corrected chi connectivity index (χ2v) is 17.2. The Hall–Kier alpha value is -1.52. The van der Waals surface area contributed by atoms with Crippen LogP contribution in [0.15, 0.2) is 82.6 Å². The van der Waals surface area contributed by atoms with Crippen molar-refractivity contribution >= 4 is 79.5 Å². The first kappa shape index (κ1) is 47.6. The van der Waals surface area contributed by atoms with Crippen LogP contribution >= 0.6 is 0 Å². The molecule has 0 radical (unpaired) electrons. The quantitative estimate of drug-likeness (QED) is 0.0396. The maximum Gasteiger partial charge on any atom is 2.00 e. The molecule has 0 aromatic heterocycles. The maximum absolute atomic E-state index is 11.2. The second-order valence-electron chi connectivity index (χ2n) is 14.5. The van der Waals surface area contributed by atoms with E-state index in [2.05, 4.69) is 26.0 Å². The van der Waals surface area contributed by atoms with Gasteiger partial charge in [0.15, 0.2) is 0 Å². The van der Waals surface area contributed by atoms with E-state index in [4.69, 9.17) is 0 Å². The van der Waals surface area contributed by atoms with Crippen LogP contribution in [-0.4, -0.2) is 63.7 Å². The minimum atomic E-state index is -4.39. The van der Waals surface area contributed by atoms with E-state index in [0.29, 0.717) is 0 Å². The summed E-state index contributed by atoms with van der Waals surface area (Å²) in [5.74, 6) is 0. The molecule has 4 aromatic carbocycles. The van der Waals surface area contributed by atoms with Crippen LogP contribution in [0.1, 0.15) is 153 Å². The molecule has 0 N–H and O–H groups in total. The summed E-state index contributed by atoms with van der Waals surface area (Å²) < 4.78 is 67.1. The Bertz CT molecular complexity index is 1700. The Morgan fingerprint density at radius 1 is 0.377 bits per heavy atom. The molecule has 0 atom stereocenters. The van der Waals surface area contributed by atoms with Gasteiger partial charge in [0.05, 0.1) is 9.79 Å². The Labute approximate surface area is 351 Å². The summed E-state index contributed by atoms with van der Waals surface area (Å²) in [6.07, 6.45) is 28.4. The van der Waals surface area contributed by atoms with E-state index in [-0.39, 0.29) is 47.5 Å². The van der Waals surface area contributed by atoms with Crippen LogP contribution < -0.4 is 0 Å². The molecule has 4 rings (SSSR count). The molecule has 0 aliphatic rings. The zero-order valence-electron chi connectivity index (χ0n) is 32.5. The molecular formula is C44H62CaO6S2. The predicted molar refractivity (Wildman–Crippen MR) is 221 cm³/mol. The normalized spacial score (nSPS) is 11.7. The fourth-order valence-electron chi connectivity index (χ4n) is 6.80. The van der Waals surface area contributed by atoms with E-state index >= 15 is 0 Å². The van der Waals surface area contributed by atoms with E-state index in [9.17, 15) is 25.9 Å². The minimum absolute atomic E-state index is 0. The molecule has 0 aliphatic carbocycles. The third-order valence-corrected chi connectivity index (χ3v) is 11.6. The second kappa shape index (κ2) is 26.4. The van der Waals surface area contributed by atoms with E-state index < -0.39 is 20.2 Å². The average Bonchev–Trinajstić information content (AvgIpc) is 3.12. The van der Waals surface area contributed by atoms with Crippen molar-refractivity contribution in [2.24, 2.45) is 0 Å². The Morgan fingerprint density at radius 3 is 0.962 bits per heavy atom. The molecule has 0 spiro atoms. The van der Waals surface area contributed by atoms with Crippen molar-refractivity contribution < 1.29 is 25.9 Å². The summed E-state index contributed by atoms with van der Waals surface area (Å²) in [5.41, 5.74) is 2.41. The van der Waals surface area contributed by atoms with E-state index in [1.807, 2.05) is 24.3 Å². The van der Waals surface area contributed by atoms with Crippen LogP contribution in [0.25, 0.3) is 21.5 Å². The van der Waals surface area contributed by atoms with Crippen molar-refractivity contribution in [2.45, 2.75) is 165 Å². The first-order chi connectivity index (χ1) is 25.0. The first-order valence-corrected chi connectivity index (χ1v) is 22.8. The summed E-state index contributed by atoms with van der Waals surface area (Å²) in [6, 6.07) is 21.4. The van der Waals surface area contributed by atoms with Gasteiger partial charge in [0, 0.05) is 0 Å². The topological polar surface area (TPSA) is 114 Å². The molecule has 4 aromatic rings. The number of rotatable bonds is 24. The molecule has 288 valence electrons. The summed E-state index contributed by atoms with van der Waals surface area (Å²) in [7, 11) is -8.79. The monoisotopic (exact) mass is 790 g/mol. The van der Waals surface area contributed by atoms with Crippen molar-refractivity contribution in [1.29, 1.82) is 0 Å². The SMILES string of the molecule is CCCCCCCCCCCCc1ccc2ccc(S(=O)(=O)[O-])cc2c1.CCCCCCCCCCCCc1ccc2ccc(S(=O)(=O)[O-])cc2c1.[Ca+2]. The Kier molecular flexibility index (Phi) is 23.7. The van der Waals surface area contributed by atoms with Crippen LogP contribution in [-0.2, 0) is 33.1 Å². The molecule has 9 heteroatoms. The standard InChI is InChI=1S/2C22H32O3S.Ca/c2*1-2-3-4-5-6-7-8-9-10-11-12-19-13-14-20-15-16-22(26(23,24)25)18-21(20)17-19;/h2*13-18H,2-12H2,1H3,(H,23,24,25);/q;;+2/p-2. The van der Waals surface area contributed by atoms with Crippen LogP contribution in [0.5, 0.6) is 0 Å². The predicted octanol–water partition coefficient (Wildman–Crippen LogP) is 12.0. The van der Waals surface area contributed by atoms with Crippen LogP contribution in [0.3, 0.4) is 0 Å². The van der Waals surface area contributed by atoms with Crippen molar-refractivity contribution in [1.82, 2.24) is 0 Å². The smallest absolute Gasteiger partial charge is 0.744 e. The molecule has 0 saturated heterocycles. The molecule has 53 heavy (non-hydrogen) atoms. The minimum Gasteiger partial charge on any atom is -0.744 e. The Morgan fingerprint density at radius 2 is 0.660 bits per heavy atom. The Balaban J connectivity index is 0.000000360. The van der Waals surface area contributed by atoms with Crippen molar-refractivity contribution in [3.63, 3.8) is 0 Å². The van der Waals surface area contributed by atoms with Gasteiger partial charge in [-0.15, -0.1) is 0 Å². The van der Waals surface area contributed by atoms with Crippen LogP contribution in [0.2, 0.25) is 0 Å². The van der Waals surface area contributed by atoms with E-state index in [1.165, 1.54) is 151 Å². The van der Waals surface area contributed by atoms with Gasteiger partial charge in [-0.1, -0.05) is 178 Å². The third-order valence-electron chi connectivity index (χ3n) is 9.97. The molecule has 6 nitrogen and oxygen atoms in total. The van der Waals surface area contributed by atoms with Gasteiger partial charge in [0.25, 0.3) is 0 Å². The number of aryl methyl sites for hydroxylation is 2. The van der Waals surface area contributed by atoms with Crippen LogP contribution in [0, 0.1) is 0 Å². The fraction of sp³-hybridized carbons (Fsp3) is 0.545. The zero-order valence-corrected chi connectivity index (χ0v) is 36.3. The van der Waals surface area contributed by atoms with Crippen molar-refractivity contribution in [3.8, 4) is 0 Å². The average molecular weight is 791 g/mol. The molecule has 0 amide bonds. The number of hydrogen-bond donors (Lipinski definition) is 0. The summed E-state index contributed by atoms with van der Waals surface area (Å²) in [5, 5.41) is 3.58. The summed E-state index contributed by atoms with van der Waals surface area (Å²) in [6.45, 7) is 4.50. The van der Waals surface area contributed by atoms with Crippen LogP contribution in [0.4, 0.5) is 0 Å². The number of unbranched alkanes of at least 4 members (excludes halogenated alkanes) is 18. The molecule has 0 saturated carbocycles. The summed E-state index contributed by atoms with van der Waals surface area (Å²) in [4.78, 5) is -0.304. The van der Waals surface area contributed by atoms with Gasteiger partial charge in [-0.05, 0) is 82.6 Å². The number of fused-ring (bicyclic) bond motifs is 2. The zero-order chi connectivity index (χ0) is 37.7. The number of benzene rings is 4. The maximum atomic E-state index is 11.2. The van der Waals surface area contributed by atoms with Gasteiger partial charge in [0.1, 0.15) is 20.2 Å². The molecule has 0 aliphatic heterocycles. The van der Waals surface area contributed by atoms with Gasteiger partial charge >= 0.3 is 37.7 Å². The molecule has 0 bridgehead atoms. The van der Waals surface area contributed by atoms with Crippen molar-refractivity contribution in [2.75, 3.05) is 0 Å². The number of hydrogen-bond acceptors (Lipinski definition) is 6. The van der Waals surface area contributed by atoms with Gasteiger partial charge in [-0.25, -0.2) is 16.8 Å². The largest absolute Gasteiger partial charge is 2.00 e. The first-order valence-electron chi connectivity index (χ1n) is 20.0. The van der Waals surface area contributed by atoms with Gasteiger partial charge in [-0.2, -0.15) is 0 Å². The third kappa shape index (κ3) is 19.3. The molecule has 0 heterocycles.